The molecular weight excluding hydrogens is 751 g/mol. The highest BCUT2D eigenvalue weighted by Gasteiger charge is 2.61. The molecule has 1 aromatic rings. The number of nitrogens with zero attached hydrogens (tertiary/aromatic N) is 2. The van der Waals surface area contributed by atoms with Crippen LogP contribution >= 0.6 is 0 Å². The molecule has 2 aliphatic carbocycles. The third-order valence-electron chi connectivity index (χ3n) is 12.2. The zero-order valence-corrected chi connectivity index (χ0v) is 34.7. The van der Waals surface area contributed by atoms with Crippen LogP contribution in [0.3, 0.4) is 0 Å². The molecule has 310 valence electrons. The number of nitrogens with one attached hydrogen (secondary N) is 1. The molecule has 0 aromatic heterocycles. The maximum absolute atomic E-state index is 14.6. The molecule has 14 heteroatoms. The van der Waals surface area contributed by atoms with Crippen LogP contribution in [0.25, 0.3) is 6.08 Å². The molecule has 57 heavy (non-hydrogen) atoms. The summed E-state index contributed by atoms with van der Waals surface area (Å²) < 4.78 is 39.6. The number of carbonyl (C=O) groups is 6. The minimum Gasteiger partial charge on any atom is -0.465 e. The number of hydrogen-bond donors (Lipinski definition) is 1. The minimum absolute atomic E-state index is 0.0181. The number of ketones is 2. The van der Waals surface area contributed by atoms with E-state index in [2.05, 4.69) is 10.8 Å². The van der Waals surface area contributed by atoms with E-state index in [1.54, 1.807) is 18.7 Å². The van der Waals surface area contributed by atoms with Gasteiger partial charge in [0.2, 0.25) is 21.8 Å². The number of hydrogen-bond acceptors (Lipinski definition) is 10. The van der Waals surface area contributed by atoms with Crippen LogP contribution in [0, 0.1) is 22.7 Å². The number of cyclic esters (lactones) is 1. The summed E-state index contributed by atoms with van der Waals surface area (Å²) in [5.41, 5.74) is 2.17. The molecule has 0 unspecified atom stereocenters. The summed E-state index contributed by atoms with van der Waals surface area (Å²) in [7, 11) is -3.87. The number of amides is 3. The predicted molar refractivity (Wildman–Crippen MR) is 211 cm³/mol. The standard InChI is InChI=1S/C43H57N3O10S/c1-6-31-21-43(31,40(51)44-57(53,54)34-15-16-34)22-37(48)36-20-33-24-46(36)39(50)29(13-14-32(47)18-27(2)3)19-38(49)55-26-42(4,5)17-8-7-10-28-11-9-12-30-23-45(25-35(28)30)41(52)56-33/h7,9-12,18,29,31,33-34,36H,6,8,13-17,19-26H2,1-5H3,(H,44,51)/b10-7+/t29-,31-,33-,36+,43-/m1/s1. The summed E-state index contributed by atoms with van der Waals surface area (Å²) in [5, 5.41) is -0.622. The van der Waals surface area contributed by atoms with Gasteiger partial charge in [0.05, 0.1) is 42.8 Å². The Hall–Kier alpha value is -4.33. The van der Waals surface area contributed by atoms with Crippen LogP contribution in [-0.4, -0.2) is 84.2 Å². The fourth-order valence-corrected chi connectivity index (χ4v) is 9.93. The molecule has 1 saturated heterocycles. The summed E-state index contributed by atoms with van der Waals surface area (Å²) >= 11 is 0. The van der Waals surface area contributed by atoms with Crippen molar-refractivity contribution < 1.29 is 46.7 Å². The normalized spacial score (nSPS) is 28.2. The van der Waals surface area contributed by atoms with Gasteiger partial charge in [0, 0.05) is 31.7 Å². The van der Waals surface area contributed by atoms with Crippen molar-refractivity contribution in [3.8, 4) is 0 Å². The lowest BCUT2D eigenvalue weighted by Gasteiger charge is -2.29. The van der Waals surface area contributed by atoms with Crippen LogP contribution in [0.1, 0.15) is 122 Å². The lowest BCUT2D eigenvalue weighted by molar-refractivity contribution is -0.152. The van der Waals surface area contributed by atoms with Crippen LogP contribution in [-0.2, 0) is 56.6 Å². The fourth-order valence-electron chi connectivity index (χ4n) is 8.54. The average Bonchev–Trinajstić information content (AvgIpc) is 4.04. The number of Topliss-reactive ketones (excluding diaryl/α,β-unsaturated/α-hetero) is 1. The second kappa shape index (κ2) is 16.9. The van der Waals surface area contributed by atoms with Crippen molar-refractivity contribution in [1.29, 1.82) is 0 Å². The number of sulfonamides is 1. The summed E-state index contributed by atoms with van der Waals surface area (Å²) in [6.45, 7) is 10.1. The molecule has 5 atom stereocenters. The Morgan fingerprint density at radius 1 is 1.07 bits per heavy atom. The highest BCUT2D eigenvalue weighted by atomic mass is 32.2. The smallest absolute Gasteiger partial charge is 0.410 e. The van der Waals surface area contributed by atoms with Crippen molar-refractivity contribution in [2.75, 3.05) is 13.2 Å². The number of rotatable bonds is 11. The molecule has 2 saturated carbocycles. The maximum Gasteiger partial charge on any atom is 0.410 e. The summed E-state index contributed by atoms with van der Waals surface area (Å²) in [6, 6.07) is 4.81. The molecule has 3 heterocycles. The Kier molecular flexibility index (Phi) is 12.5. The Bertz CT molecular complexity index is 1960. The highest BCUT2D eigenvalue weighted by Crippen LogP contribution is 2.58. The molecular formula is C43H57N3O10S. The van der Waals surface area contributed by atoms with E-state index in [1.165, 1.54) is 11.0 Å². The molecule has 6 rings (SSSR count). The van der Waals surface area contributed by atoms with E-state index < -0.39 is 68.4 Å². The number of carbonyl (C=O) groups excluding carboxylic acids is 6. The van der Waals surface area contributed by atoms with Gasteiger partial charge in [0.1, 0.15) is 6.10 Å². The number of fused-ring (bicyclic) bond motifs is 3. The van der Waals surface area contributed by atoms with Crippen LogP contribution < -0.4 is 4.72 Å². The molecule has 3 aliphatic heterocycles. The van der Waals surface area contributed by atoms with Crippen LogP contribution in [0.4, 0.5) is 4.79 Å². The average molecular weight is 808 g/mol. The first-order valence-corrected chi connectivity index (χ1v) is 21.9. The molecule has 3 amide bonds. The first-order valence-electron chi connectivity index (χ1n) is 20.4. The van der Waals surface area contributed by atoms with Gasteiger partial charge >= 0.3 is 12.1 Å². The zero-order chi connectivity index (χ0) is 41.3. The van der Waals surface area contributed by atoms with Gasteiger partial charge in [-0.2, -0.15) is 0 Å². The maximum atomic E-state index is 14.6. The lowest BCUT2D eigenvalue weighted by Crippen LogP contribution is -2.46. The second-order valence-corrected chi connectivity index (χ2v) is 19.7. The van der Waals surface area contributed by atoms with Crippen LogP contribution in [0.15, 0.2) is 35.9 Å². The monoisotopic (exact) mass is 807 g/mol. The molecule has 5 aliphatic rings. The van der Waals surface area contributed by atoms with E-state index >= 15 is 0 Å². The van der Waals surface area contributed by atoms with Crippen molar-refractivity contribution in [3.05, 3.63) is 52.6 Å². The summed E-state index contributed by atoms with van der Waals surface area (Å²) in [4.78, 5) is 85.6. The van der Waals surface area contributed by atoms with E-state index in [0.717, 1.165) is 28.7 Å². The molecule has 1 N–H and O–H groups in total. The zero-order valence-electron chi connectivity index (χ0n) is 33.8. The molecule has 3 fully saturated rings. The number of allylic oxidation sites excluding steroid dienone is 3. The Morgan fingerprint density at radius 3 is 2.51 bits per heavy atom. The third kappa shape index (κ3) is 10.0. The van der Waals surface area contributed by atoms with Crippen molar-refractivity contribution in [1.82, 2.24) is 14.5 Å². The van der Waals surface area contributed by atoms with Crippen LogP contribution in [0.2, 0.25) is 0 Å². The summed E-state index contributed by atoms with van der Waals surface area (Å²) in [5.74, 6) is -3.78. The Morgan fingerprint density at radius 2 is 1.82 bits per heavy atom. The lowest BCUT2D eigenvalue weighted by atomic mass is 9.88. The van der Waals surface area contributed by atoms with Gasteiger partial charge in [-0.3, -0.25) is 33.6 Å². The quantitative estimate of drug-likeness (QED) is 0.213. The Labute approximate surface area is 336 Å². The first kappa shape index (κ1) is 42.3. The largest absolute Gasteiger partial charge is 0.465 e. The van der Waals surface area contributed by atoms with E-state index in [1.807, 2.05) is 45.0 Å². The third-order valence-corrected chi connectivity index (χ3v) is 14.0. The van der Waals surface area contributed by atoms with E-state index in [4.69, 9.17) is 9.47 Å². The molecule has 0 spiro atoms. The van der Waals surface area contributed by atoms with E-state index in [-0.39, 0.29) is 62.4 Å². The molecule has 13 nitrogen and oxygen atoms in total. The van der Waals surface area contributed by atoms with Crippen LogP contribution in [0.5, 0.6) is 0 Å². The van der Waals surface area contributed by atoms with Gasteiger partial charge in [-0.1, -0.05) is 63.1 Å². The van der Waals surface area contributed by atoms with Gasteiger partial charge in [-0.15, -0.1) is 0 Å². The number of benzene rings is 1. The van der Waals surface area contributed by atoms with E-state index in [0.29, 0.717) is 45.2 Å². The van der Waals surface area contributed by atoms with Gasteiger partial charge in [-0.05, 0) is 86.5 Å². The fraction of sp³-hybridized carbons (Fsp3) is 0.628. The Balaban J connectivity index is 1.29. The predicted octanol–water partition coefficient (Wildman–Crippen LogP) is 5.79. The van der Waals surface area contributed by atoms with Crippen molar-refractivity contribution >= 4 is 51.5 Å². The van der Waals surface area contributed by atoms with Gasteiger partial charge in [0.25, 0.3) is 0 Å². The van der Waals surface area contributed by atoms with Gasteiger partial charge in [-0.25, -0.2) is 13.2 Å². The number of esters is 1. The minimum atomic E-state index is -3.87. The van der Waals surface area contributed by atoms with Gasteiger partial charge in [0.15, 0.2) is 11.6 Å². The SMILES string of the molecule is CC[C@@H]1C[C@]1(CC(=O)[C@@H]1C[C@@H]2CN1C(=O)[C@H](CCC(=O)C=C(C)C)CC(=O)OCC(C)(C)CC/C=C/c1cccc3c1CN(C3)C(=O)O2)C(=O)NS(=O)(=O)C1CC1. The molecule has 0 radical (unpaired) electrons. The van der Waals surface area contributed by atoms with E-state index in [9.17, 15) is 37.2 Å². The topological polar surface area (TPSA) is 174 Å². The van der Waals surface area contributed by atoms with Gasteiger partial charge < -0.3 is 14.4 Å². The first-order chi connectivity index (χ1) is 26.9. The summed E-state index contributed by atoms with van der Waals surface area (Å²) in [6.07, 6.45) is 6.71. The highest BCUT2D eigenvalue weighted by molar-refractivity contribution is 7.90. The molecule has 1 aromatic carbocycles. The molecule has 4 bridgehead atoms. The number of ether oxygens (including phenoxy) is 2. The van der Waals surface area contributed by atoms with Crippen molar-refractivity contribution in [2.24, 2.45) is 22.7 Å². The van der Waals surface area contributed by atoms with Crippen molar-refractivity contribution in [3.63, 3.8) is 0 Å². The second-order valence-electron chi connectivity index (χ2n) is 17.8. The van der Waals surface area contributed by atoms with Crippen molar-refractivity contribution in [2.45, 2.75) is 136 Å².